The second-order valence-corrected chi connectivity index (χ2v) is 12.3. The lowest BCUT2D eigenvalue weighted by atomic mass is 9.95. The normalized spacial score (nSPS) is 19.4. The molecule has 10 heteroatoms. The van der Waals surface area contributed by atoms with Crippen LogP contribution in [0.2, 0.25) is 0 Å². The monoisotopic (exact) mass is 585 g/mol. The molecule has 4 aromatic rings. The highest BCUT2D eigenvalue weighted by Crippen LogP contribution is 2.35. The van der Waals surface area contributed by atoms with Gasteiger partial charge in [-0.1, -0.05) is 38.1 Å². The van der Waals surface area contributed by atoms with E-state index < -0.39 is 11.9 Å². The summed E-state index contributed by atoms with van der Waals surface area (Å²) in [4.78, 5) is 29.6. The zero-order valence-corrected chi connectivity index (χ0v) is 25.0. The van der Waals surface area contributed by atoms with E-state index in [9.17, 15) is 9.90 Å². The highest BCUT2D eigenvalue weighted by Gasteiger charge is 2.34. The minimum Gasteiger partial charge on any atom is -0.391 e. The minimum absolute atomic E-state index is 0.0374. The van der Waals surface area contributed by atoms with Crippen LogP contribution in [0.15, 0.2) is 48.8 Å². The van der Waals surface area contributed by atoms with Crippen molar-refractivity contribution in [1.82, 2.24) is 30.1 Å². The summed E-state index contributed by atoms with van der Waals surface area (Å²) >= 11 is 0. The van der Waals surface area contributed by atoms with E-state index in [0.717, 1.165) is 55.8 Å². The second kappa shape index (κ2) is 12.4. The first-order chi connectivity index (χ1) is 20.7. The number of carbonyl (C=O) groups is 1. The lowest BCUT2D eigenvalue weighted by Crippen LogP contribution is -2.42. The number of aliphatic hydroxyl groups excluding tert-OH is 1. The van der Waals surface area contributed by atoms with Crippen molar-refractivity contribution in [2.75, 3.05) is 44.6 Å². The molecule has 0 saturated carbocycles. The van der Waals surface area contributed by atoms with E-state index >= 15 is 4.39 Å². The molecule has 43 heavy (non-hydrogen) atoms. The van der Waals surface area contributed by atoms with Crippen molar-refractivity contribution in [2.24, 2.45) is 11.8 Å². The van der Waals surface area contributed by atoms with Crippen LogP contribution in [0.5, 0.6) is 0 Å². The fourth-order valence-corrected chi connectivity index (χ4v) is 6.33. The van der Waals surface area contributed by atoms with E-state index in [1.165, 1.54) is 24.0 Å². The number of piperazine rings is 1. The average Bonchev–Trinajstić information content (AvgIpc) is 3.59. The number of halogens is 1. The topological polar surface area (TPSA) is 109 Å². The number of amides is 2. The number of hydrogen-bond acceptors (Lipinski definition) is 6. The molecule has 0 bridgehead atoms. The number of benzene rings is 2. The molecule has 2 amide bonds. The number of β-amino-alcohol motifs (C(OH)–C–C–N with tert-alkyl or cyclic N) is 1. The van der Waals surface area contributed by atoms with E-state index in [0.29, 0.717) is 40.6 Å². The van der Waals surface area contributed by atoms with Gasteiger partial charge in [0.1, 0.15) is 17.8 Å². The number of aliphatic hydroxyl groups is 1. The Balaban J connectivity index is 1.24. The Morgan fingerprint density at radius 3 is 2.63 bits per heavy atom. The highest BCUT2D eigenvalue weighted by molar-refractivity contribution is 5.97. The Kier molecular flexibility index (Phi) is 8.43. The summed E-state index contributed by atoms with van der Waals surface area (Å²) in [5.74, 6) is -0.0100. The smallest absolute Gasteiger partial charge is 0.321 e. The van der Waals surface area contributed by atoms with Crippen LogP contribution in [0.25, 0.3) is 33.5 Å². The summed E-state index contributed by atoms with van der Waals surface area (Å²) in [6, 6.07) is 13.0. The van der Waals surface area contributed by atoms with Gasteiger partial charge >= 0.3 is 6.03 Å². The molecule has 2 aromatic heterocycles. The van der Waals surface area contributed by atoms with Crippen molar-refractivity contribution >= 4 is 22.8 Å². The number of hydrogen-bond donors (Lipinski definition) is 4. The quantitative estimate of drug-likeness (QED) is 0.243. The number of aromatic amines is 1. The van der Waals surface area contributed by atoms with Crippen LogP contribution >= 0.6 is 0 Å². The van der Waals surface area contributed by atoms with Crippen LogP contribution in [-0.2, 0) is 6.54 Å². The Morgan fingerprint density at radius 1 is 1.12 bits per heavy atom. The number of H-pyrrole nitrogens is 1. The molecule has 0 aliphatic carbocycles. The van der Waals surface area contributed by atoms with Gasteiger partial charge in [-0.05, 0) is 54.2 Å². The molecule has 2 fully saturated rings. The fraction of sp³-hybridized carbons (Fsp3) is 0.424. The van der Waals surface area contributed by atoms with Gasteiger partial charge in [0.15, 0.2) is 0 Å². The number of aromatic nitrogens is 3. The molecule has 0 spiro atoms. The van der Waals surface area contributed by atoms with Crippen molar-refractivity contribution < 1.29 is 14.3 Å². The molecule has 2 aromatic carbocycles. The zero-order chi connectivity index (χ0) is 30.1. The van der Waals surface area contributed by atoms with Crippen LogP contribution < -0.4 is 10.6 Å². The molecule has 6 rings (SSSR count). The third-order valence-corrected chi connectivity index (χ3v) is 8.64. The van der Waals surface area contributed by atoms with E-state index in [-0.39, 0.29) is 18.5 Å². The highest BCUT2D eigenvalue weighted by atomic mass is 19.1. The molecule has 0 radical (unpaired) electrons. The van der Waals surface area contributed by atoms with Crippen LogP contribution in [0.3, 0.4) is 0 Å². The van der Waals surface area contributed by atoms with Crippen LogP contribution in [0.1, 0.15) is 31.4 Å². The summed E-state index contributed by atoms with van der Waals surface area (Å²) in [7, 11) is 0. The summed E-state index contributed by atoms with van der Waals surface area (Å²) in [5.41, 5.74) is 6.10. The number of anilines is 1. The maximum absolute atomic E-state index is 15.0. The van der Waals surface area contributed by atoms with Gasteiger partial charge in [-0.3, -0.25) is 4.90 Å². The van der Waals surface area contributed by atoms with E-state index in [4.69, 9.17) is 0 Å². The third-order valence-electron chi connectivity index (χ3n) is 8.64. The average molecular weight is 586 g/mol. The van der Waals surface area contributed by atoms with Crippen LogP contribution in [0, 0.1) is 24.6 Å². The van der Waals surface area contributed by atoms with Gasteiger partial charge in [-0.2, -0.15) is 0 Å². The SMILES string of the molecule is Cc1c(NC(=O)N2C[C@@H](CC(C)C)[C@@H](O)C2)cc(F)cc1-c1ncnc2[nH]c(-c3ccc(CN4CCNCC4)cc3)cc12. The summed E-state index contributed by atoms with van der Waals surface area (Å²) in [6.45, 7) is 11.9. The maximum atomic E-state index is 15.0. The van der Waals surface area contributed by atoms with Crippen molar-refractivity contribution in [2.45, 2.75) is 39.8 Å². The van der Waals surface area contributed by atoms with E-state index in [1.54, 1.807) is 4.90 Å². The van der Waals surface area contributed by atoms with Gasteiger partial charge in [-0.15, -0.1) is 0 Å². The van der Waals surface area contributed by atoms with E-state index in [1.807, 2.05) is 13.0 Å². The molecule has 2 saturated heterocycles. The number of likely N-dealkylation sites (tertiary alicyclic amines) is 1. The first kappa shape index (κ1) is 29.2. The second-order valence-electron chi connectivity index (χ2n) is 12.3. The van der Waals surface area contributed by atoms with Crippen LogP contribution in [0.4, 0.5) is 14.9 Å². The number of rotatable bonds is 7. The number of nitrogens with one attached hydrogen (secondary N) is 3. The van der Waals surface area contributed by atoms with Crippen LogP contribution in [-0.4, -0.2) is 81.3 Å². The molecule has 4 heterocycles. The van der Waals surface area contributed by atoms with Crippen molar-refractivity contribution in [3.8, 4) is 22.5 Å². The number of nitrogens with zero attached hydrogens (tertiary/aromatic N) is 4. The lowest BCUT2D eigenvalue weighted by molar-refractivity contribution is 0.132. The molecule has 2 aliphatic rings. The number of urea groups is 1. The molecule has 2 atom stereocenters. The van der Waals surface area contributed by atoms with E-state index in [2.05, 4.69) is 68.6 Å². The molecular weight excluding hydrogens is 545 g/mol. The summed E-state index contributed by atoms with van der Waals surface area (Å²) in [5, 5.41) is 17.5. The van der Waals surface area contributed by atoms with Gasteiger partial charge in [0, 0.05) is 74.1 Å². The van der Waals surface area contributed by atoms with Gasteiger partial charge in [0.05, 0.1) is 11.8 Å². The standard InChI is InChI=1S/C33H40FN7O2/c1-20(2)12-24-17-41(18-30(24)42)33(43)39-28-14-25(34)13-26(21(28)3)31-27-15-29(38-32(27)37-19-36-31)23-6-4-22(5-7-23)16-40-10-8-35-9-11-40/h4-7,13-15,19-20,24,30,35,42H,8-12,16-18H2,1-3H3,(H,39,43)(H,36,37,38)/t24-,30+/m1/s1. The number of carbonyl (C=O) groups excluding carboxylic acids is 1. The summed E-state index contributed by atoms with van der Waals surface area (Å²) < 4.78 is 15.0. The molecule has 226 valence electrons. The lowest BCUT2D eigenvalue weighted by Gasteiger charge is -2.27. The first-order valence-corrected chi connectivity index (χ1v) is 15.2. The zero-order valence-electron chi connectivity index (χ0n) is 25.0. The third kappa shape index (κ3) is 6.41. The van der Waals surface area contributed by atoms with Crippen molar-refractivity contribution in [3.05, 3.63) is 65.7 Å². The Bertz CT molecular complexity index is 1600. The molecule has 9 nitrogen and oxygen atoms in total. The maximum Gasteiger partial charge on any atom is 0.321 e. The molecule has 0 unspecified atom stereocenters. The molecule has 2 aliphatic heterocycles. The first-order valence-electron chi connectivity index (χ1n) is 15.2. The van der Waals surface area contributed by atoms with Crippen molar-refractivity contribution in [3.63, 3.8) is 0 Å². The fourth-order valence-electron chi connectivity index (χ4n) is 6.33. The van der Waals surface area contributed by atoms with Gasteiger partial charge in [0.25, 0.3) is 0 Å². The van der Waals surface area contributed by atoms with Gasteiger partial charge in [0.2, 0.25) is 0 Å². The van der Waals surface area contributed by atoms with Gasteiger partial charge in [-0.25, -0.2) is 19.2 Å². The van der Waals surface area contributed by atoms with Crippen molar-refractivity contribution in [1.29, 1.82) is 0 Å². The predicted octanol–water partition coefficient (Wildman–Crippen LogP) is 5.02. The molecular formula is C33H40FN7O2. The largest absolute Gasteiger partial charge is 0.391 e. The Labute approximate surface area is 251 Å². The number of fused-ring (bicyclic) bond motifs is 1. The Morgan fingerprint density at radius 2 is 1.88 bits per heavy atom. The Hall–Kier alpha value is -3.86. The summed E-state index contributed by atoms with van der Waals surface area (Å²) in [6.07, 6.45) is 1.76. The van der Waals surface area contributed by atoms with Gasteiger partial charge < -0.3 is 25.6 Å². The molecule has 4 N–H and O–H groups in total. The minimum atomic E-state index is -0.558. The predicted molar refractivity (Wildman–Crippen MR) is 167 cm³/mol.